The van der Waals surface area contributed by atoms with Crippen LogP contribution in [0.3, 0.4) is 0 Å². The Balaban J connectivity index is 1.76. The summed E-state index contributed by atoms with van der Waals surface area (Å²) in [4.78, 5) is 12.4. The molecule has 0 radical (unpaired) electrons. The lowest BCUT2D eigenvalue weighted by Crippen LogP contribution is -2.15. The Labute approximate surface area is 159 Å². The fourth-order valence-corrected chi connectivity index (χ4v) is 2.73. The number of halogens is 2. The number of hydrogen-bond acceptors (Lipinski definition) is 5. The van der Waals surface area contributed by atoms with Crippen molar-refractivity contribution in [2.24, 2.45) is 0 Å². The second kappa shape index (κ2) is 7.63. The molecule has 2 aromatic carbocycles. The number of nitrogens with two attached hydrogens (primary N) is 1. The van der Waals surface area contributed by atoms with Crippen molar-refractivity contribution in [2.45, 2.75) is 6.54 Å². The van der Waals surface area contributed by atoms with Crippen molar-refractivity contribution in [1.29, 1.82) is 0 Å². The molecule has 3 N–H and O–H groups in total. The fourth-order valence-electron chi connectivity index (χ4n) is 2.28. The highest BCUT2D eigenvalue weighted by Gasteiger charge is 2.18. The van der Waals surface area contributed by atoms with E-state index in [4.69, 9.17) is 33.7 Å². The normalized spacial score (nSPS) is 10.6. The molecule has 0 saturated carbocycles. The summed E-state index contributed by atoms with van der Waals surface area (Å²) in [5, 5.41) is 11.2. The van der Waals surface area contributed by atoms with Crippen molar-refractivity contribution in [1.82, 2.24) is 15.0 Å². The van der Waals surface area contributed by atoms with Gasteiger partial charge in [-0.1, -0.05) is 40.5 Å². The summed E-state index contributed by atoms with van der Waals surface area (Å²) in [6.07, 6.45) is 0. The van der Waals surface area contributed by atoms with Gasteiger partial charge in [0.15, 0.2) is 11.5 Å². The van der Waals surface area contributed by atoms with Crippen molar-refractivity contribution in [2.75, 3.05) is 18.2 Å². The number of nitrogens with zero attached hydrogens (tertiary/aromatic N) is 3. The fraction of sp³-hybridized carbons (Fsp3) is 0.118. The van der Waals surface area contributed by atoms with Gasteiger partial charge < -0.3 is 15.8 Å². The molecule has 0 aliphatic rings. The van der Waals surface area contributed by atoms with Gasteiger partial charge in [0.05, 0.1) is 24.4 Å². The topological polar surface area (TPSA) is 95.1 Å². The van der Waals surface area contributed by atoms with Crippen molar-refractivity contribution >= 4 is 40.6 Å². The lowest BCUT2D eigenvalue weighted by molar-refractivity contribution is 0.102. The van der Waals surface area contributed by atoms with Gasteiger partial charge in [0, 0.05) is 5.02 Å². The molecule has 7 nitrogen and oxygen atoms in total. The molecule has 1 aromatic heterocycles. The molecule has 3 rings (SSSR count). The highest BCUT2D eigenvalue weighted by Crippen LogP contribution is 2.26. The first-order valence-corrected chi connectivity index (χ1v) is 8.32. The standard InChI is InChI=1S/C17H15Cl2N5O2/c1-26-12-5-2-10(3-6-12)9-24-16(20)15(22-23-24)17(25)21-14-7-4-11(18)8-13(14)19/h2-8H,9,20H2,1H3,(H,21,25). The quantitative estimate of drug-likeness (QED) is 0.693. The molecule has 0 saturated heterocycles. The molecule has 0 aliphatic heterocycles. The maximum Gasteiger partial charge on any atom is 0.280 e. The molecule has 0 spiro atoms. The van der Waals surface area contributed by atoms with E-state index in [9.17, 15) is 4.79 Å². The van der Waals surface area contributed by atoms with Crippen LogP contribution in [0.25, 0.3) is 0 Å². The molecule has 134 valence electrons. The first-order chi connectivity index (χ1) is 12.5. The number of ether oxygens (including phenoxy) is 1. The third-order valence-electron chi connectivity index (χ3n) is 3.66. The van der Waals surface area contributed by atoms with Gasteiger partial charge in [0.1, 0.15) is 5.75 Å². The molecule has 3 aromatic rings. The molecular formula is C17H15Cl2N5O2. The number of rotatable bonds is 5. The average molecular weight is 392 g/mol. The van der Waals surface area contributed by atoms with Gasteiger partial charge in [-0.3, -0.25) is 4.79 Å². The van der Waals surface area contributed by atoms with E-state index in [2.05, 4.69) is 15.6 Å². The monoisotopic (exact) mass is 391 g/mol. The van der Waals surface area contributed by atoms with Gasteiger partial charge in [-0.05, 0) is 35.9 Å². The van der Waals surface area contributed by atoms with E-state index in [0.29, 0.717) is 22.3 Å². The highest BCUT2D eigenvalue weighted by atomic mass is 35.5. The number of carbonyl (C=O) groups is 1. The maximum absolute atomic E-state index is 12.4. The molecule has 0 unspecified atom stereocenters. The molecule has 26 heavy (non-hydrogen) atoms. The van der Waals surface area contributed by atoms with Crippen LogP contribution in [0.4, 0.5) is 11.5 Å². The third kappa shape index (κ3) is 3.89. The van der Waals surface area contributed by atoms with E-state index in [0.717, 1.165) is 11.3 Å². The summed E-state index contributed by atoms with van der Waals surface area (Å²) >= 11 is 11.9. The van der Waals surface area contributed by atoms with E-state index >= 15 is 0 Å². The number of carbonyl (C=O) groups excluding carboxylic acids is 1. The number of nitrogen functional groups attached to an aromatic ring is 1. The largest absolute Gasteiger partial charge is 0.497 e. The van der Waals surface area contributed by atoms with Crippen LogP contribution in [-0.4, -0.2) is 28.0 Å². The predicted molar refractivity (Wildman–Crippen MR) is 101 cm³/mol. The van der Waals surface area contributed by atoms with Crippen molar-refractivity contribution in [3.05, 3.63) is 63.8 Å². The van der Waals surface area contributed by atoms with Crippen molar-refractivity contribution in [3.63, 3.8) is 0 Å². The minimum absolute atomic E-state index is 0.0181. The predicted octanol–water partition coefficient (Wildman–Crippen LogP) is 3.48. The molecule has 1 amide bonds. The van der Waals surface area contributed by atoms with E-state index in [1.165, 1.54) is 10.7 Å². The Morgan fingerprint density at radius 3 is 2.62 bits per heavy atom. The van der Waals surface area contributed by atoms with Gasteiger partial charge in [0.25, 0.3) is 5.91 Å². The van der Waals surface area contributed by atoms with Crippen LogP contribution in [0.5, 0.6) is 5.75 Å². The van der Waals surface area contributed by atoms with Crippen LogP contribution < -0.4 is 15.8 Å². The Morgan fingerprint density at radius 1 is 1.23 bits per heavy atom. The molecule has 0 fully saturated rings. The third-order valence-corrected chi connectivity index (χ3v) is 4.21. The van der Waals surface area contributed by atoms with E-state index < -0.39 is 5.91 Å². The van der Waals surface area contributed by atoms with E-state index in [1.54, 1.807) is 19.2 Å². The summed E-state index contributed by atoms with van der Waals surface area (Å²) in [5.74, 6) is 0.399. The molecule has 0 aliphatic carbocycles. The lowest BCUT2D eigenvalue weighted by atomic mass is 10.2. The van der Waals surface area contributed by atoms with Crippen LogP contribution in [-0.2, 0) is 6.54 Å². The number of benzene rings is 2. The minimum atomic E-state index is -0.507. The SMILES string of the molecule is COc1ccc(Cn2nnc(C(=O)Nc3ccc(Cl)cc3Cl)c2N)cc1. The Bertz CT molecular complexity index is 941. The number of aromatic nitrogens is 3. The van der Waals surface area contributed by atoms with Gasteiger partial charge in [0.2, 0.25) is 0 Å². The first-order valence-electron chi connectivity index (χ1n) is 7.56. The van der Waals surface area contributed by atoms with Gasteiger partial charge in [-0.2, -0.15) is 0 Å². The van der Waals surface area contributed by atoms with Crippen LogP contribution in [0.15, 0.2) is 42.5 Å². The number of anilines is 2. The Morgan fingerprint density at radius 2 is 1.96 bits per heavy atom. The minimum Gasteiger partial charge on any atom is -0.497 e. The van der Waals surface area contributed by atoms with Crippen LogP contribution >= 0.6 is 23.2 Å². The second-order valence-electron chi connectivity index (χ2n) is 5.41. The number of hydrogen-bond donors (Lipinski definition) is 2. The summed E-state index contributed by atoms with van der Waals surface area (Å²) in [7, 11) is 1.60. The number of amides is 1. The summed E-state index contributed by atoms with van der Waals surface area (Å²) < 4.78 is 6.57. The molecule has 1 heterocycles. The van der Waals surface area contributed by atoms with E-state index in [1.807, 2.05) is 24.3 Å². The zero-order valence-electron chi connectivity index (χ0n) is 13.7. The first kappa shape index (κ1) is 18.0. The van der Waals surface area contributed by atoms with Gasteiger partial charge >= 0.3 is 0 Å². The Hall–Kier alpha value is -2.77. The molecule has 0 bridgehead atoms. The maximum atomic E-state index is 12.4. The summed E-state index contributed by atoms with van der Waals surface area (Å²) in [6, 6.07) is 12.2. The number of nitrogens with one attached hydrogen (secondary N) is 1. The molecular weight excluding hydrogens is 377 g/mol. The second-order valence-corrected chi connectivity index (χ2v) is 6.25. The highest BCUT2D eigenvalue weighted by molar-refractivity contribution is 6.36. The zero-order valence-corrected chi connectivity index (χ0v) is 15.3. The smallest absolute Gasteiger partial charge is 0.280 e. The van der Waals surface area contributed by atoms with Crippen LogP contribution in [0.2, 0.25) is 10.0 Å². The van der Waals surface area contributed by atoms with Crippen LogP contribution in [0.1, 0.15) is 16.1 Å². The Kier molecular flexibility index (Phi) is 5.29. The number of methoxy groups -OCH3 is 1. The van der Waals surface area contributed by atoms with Crippen molar-refractivity contribution in [3.8, 4) is 5.75 Å². The van der Waals surface area contributed by atoms with Crippen LogP contribution in [0, 0.1) is 0 Å². The van der Waals surface area contributed by atoms with E-state index in [-0.39, 0.29) is 11.5 Å². The molecule has 9 heteroatoms. The average Bonchev–Trinajstić information content (AvgIpc) is 2.99. The van der Waals surface area contributed by atoms with Gasteiger partial charge in [-0.25, -0.2) is 4.68 Å². The van der Waals surface area contributed by atoms with Crippen molar-refractivity contribution < 1.29 is 9.53 Å². The molecule has 0 atom stereocenters. The summed E-state index contributed by atoms with van der Waals surface area (Å²) in [5.41, 5.74) is 7.39. The van der Waals surface area contributed by atoms with Gasteiger partial charge in [-0.15, -0.1) is 5.10 Å². The summed E-state index contributed by atoms with van der Waals surface area (Å²) in [6.45, 7) is 0.373. The zero-order chi connectivity index (χ0) is 18.7. The lowest BCUT2D eigenvalue weighted by Gasteiger charge is -2.07.